The fourth-order valence-corrected chi connectivity index (χ4v) is 2.20. The van der Waals surface area contributed by atoms with E-state index in [1.165, 1.54) is 0 Å². The zero-order valence-electron chi connectivity index (χ0n) is 12.5. The molecule has 4 heteroatoms. The fraction of sp³-hybridized carbons (Fsp3) is 0.167. The predicted molar refractivity (Wildman–Crippen MR) is 86.4 cm³/mol. The summed E-state index contributed by atoms with van der Waals surface area (Å²) < 4.78 is 11.3. The third-order valence-corrected chi connectivity index (χ3v) is 3.15. The number of benzene rings is 2. The van der Waals surface area contributed by atoms with E-state index < -0.39 is 0 Å². The Labute approximate surface area is 128 Å². The van der Waals surface area contributed by atoms with Gasteiger partial charge in [0.25, 0.3) is 5.91 Å². The molecule has 0 spiro atoms. The molecule has 0 saturated carbocycles. The number of carbonyl (C=O) groups is 1. The molecule has 0 fully saturated rings. The molecule has 0 bridgehead atoms. The first-order chi connectivity index (χ1) is 10.6. The first-order valence-corrected chi connectivity index (χ1v) is 7.19. The topological polar surface area (TPSA) is 51.5 Å². The van der Waals surface area contributed by atoms with E-state index in [2.05, 4.69) is 5.32 Å². The van der Waals surface area contributed by atoms with Gasteiger partial charge in [0.15, 0.2) is 5.76 Å². The minimum absolute atomic E-state index is 0.0317. The van der Waals surface area contributed by atoms with Gasteiger partial charge in [-0.15, -0.1) is 0 Å². The van der Waals surface area contributed by atoms with Crippen LogP contribution in [0.2, 0.25) is 0 Å². The quantitative estimate of drug-likeness (QED) is 0.772. The van der Waals surface area contributed by atoms with Crippen molar-refractivity contribution in [2.75, 3.05) is 5.32 Å². The van der Waals surface area contributed by atoms with Crippen LogP contribution in [0.4, 0.5) is 5.69 Å². The fourth-order valence-electron chi connectivity index (χ4n) is 2.20. The number of rotatable bonds is 4. The van der Waals surface area contributed by atoms with E-state index in [0.717, 1.165) is 5.39 Å². The summed E-state index contributed by atoms with van der Waals surface area (Å²) in [5.74, 6) is 0.624. The lowest BCUT2D eigenvalue weighted by atomic mass is 10.2. The average Bonchev–Trinajstić information content (AvgIpc) is 2.93. The number of anilines is 1. The van der Waals surface area contributed by atoms with E-state index in [1.54, 1.807) is 12.1 Å². The van der Waals surface area contributed by atoms with Crippen LogP contribution in [0, 0.1) is 0 Å². The highest BCUT2D eigenvalue weighted by Crippen LogP contribution is 2.26. The molecule has 22 heavy (non-hydrogen) atoms. The van der Waals surface area contributed by atoms with Gasteiger partial charge in [-0.1, -0.05) is 30.3 Å². The SMILES string of the molecule is CC(C)Oc1ccccc1NC(=O)c1cc2ccccc2o1. The van der Waals surface area contributed by atoms with Crippen LogP contribution < -0.4 is 10.1 Å². The molecule has 0 aliphatic heterocycles. The molecular formula is C18H17NO3. The second-order valence-corrected chi connectivity index (χ2v) is 5.27. The number of hydrogen-bond acceptors (Lipinski definition) is 3. The Morgan fingerprint density at radius 2 is 1.82 bits per heavy atom. The average molecular weight is 295 g/mol. The van der Waals surface area contributed by atoms with E-state index in [-0.39, 0.29) is 17.8 Å². The van der Waals surface area contributed by atoms with Crippen LogP contribution in [-0.2, 0) is 0 Å². The van der Waals surface area contributed by atoms with Crippen molar-refractivity contribution >= 4 is 22.6 Å². The zero-order chi connectivity index (χ0) is 15.5. The van der Waals surface area contributed by atoms with Gasteiger partial charge in [0.05, 0.1) is 11.8 Å². The summed E-state index contributed by atoms with van der Waals surface area (Å²) in [6, 6.07) is 16.6. The summed E-state index contributed by atoms with van der Waals surface area (Å²) >= 11 is 0. The maximum absolute atomic E-state index is 12.4. The molecule has 112 valence electrons. The van der Waals surface area contributed by atoms with Gasteiger partial charge in [0, 0.05) is 5.39 Å². The highest BCUT2D eigenvalue weighted by atomic mass is 16.5. The van der Waals surface area contributed by atoms with Crippen LogP contribution in [0.25, 0.3) is 11.0 Å². The first kappa shape index (κ1) is 14.2. The second-order valence-electron chi connectivity index (χ2n) is 5.27. The Balaban J connectivity index is 1.85. The number of furan rings is 1. The third kappa shape index (κ3) is 2.96. The second kappa shape index (κ2) is 5.93. The highest BCUT2D eigenvalue weighted by molar-refractivity contribution is 6.05. The summed E-state index contributed by atoms with van der Waals surface area (Å²) in [6.45, 7) is 3.88. The van der Waals surface area contributed by atoms with Crippen molar-refractivity contribution < 1.29 is 13.9 Å². The molecule has 1 heterocycles. The van der Waals surface area contributed by atoms with Gasteiger partial charge in [0.1, 0.15) is 11.3 Å². The molecule has 0 radical (unpaired) electrons. The Bertz CT molecular complexity index is 772. The number of hydrogen-bond donors (Lipinski definition) is 1. The molecule has 1 N–H and O–H groups in total. The van der Waals surface area contributed by atoms with Gasteiger partial charge < -0.3 is 14.5 Å². The van der Waals surface area contributed by atoms with Crippen molar-refractivity contribution in [2.24, 2.45) is 0 Å². The van der Waals surface area contributed by atoms with Crippen LogP contribution in [-0.4, -0.2) is 12.0 Å². The van der Waals surface area contributed by atoms with Crippen LogP contribution in [0.3, 0.4) is 0 Å². The van der Waals surface area contributed by atoms with Crippen LogP contribution >= 0.6 is 0 Å². The first-order valence-electron chi connectivity index (χ1n) is 7.19. The molecule has 0 saturated heterocycles. The Morgan fingerprint density at radius 3 is 2.59 bits per heavy atom. The van der Waals surface area contributed by atoms with E-state index in [1.807, 2.05) is 56.3 Å². The Hall–Kier alpha value is -2.75. The van der Waals surface area contributed by atoms with Crippen molar-refractivity contribution in [3.63, 3.8) is 0 Å². The van der Waals surface area contributed by atoms with Gasteiger partial charge in [-0.25, -0.2) is 0 Å². The monoisotopic (exact) mass is 295 g/mol. The molecule has 0 aliphatic carbocycles. The van der Waals surface area contributed by atoms with Crippen molar-refractivity contribution in [3.05, 3.63) is 60.4 Å². The molecule has 3 aromatic rings. The van der Waals surface area contributed by atoms with Crippen LogP contribution in [0.5, 0.6) is 5.75 Å². The summed E-state index contributed by atoms with van der Waals surface area (Å²) in [5, 5.41) is 3.74. The third-order valence-electron chi connectivity index (χ3n) is 3.15. The largest absolute Gasteiger partial charge is 0.489 e. The smallest absolute Gasteiger partial charge is 0.291 e. The Kier molecular flexibility index (Phi) is 3.83. The van der Waals surface area contributed by atoms with Crippen molar-refractivity contribution in [3.8, 4) is 5.75 Å². The predicted octanol–water partition coefficient (Wildman–Crippen LogP) is 4.47. The van der Waals surface area contributed by atoms with Crippen molar-refractivity contribution in [2.45, 2.75) is 20.0 Å². The minimum Gasteiger partial charge on any atom is -0.489 e. The summed E-state index contributed by atoms with van der Waals surface area (Å²) in [7, 11) is 0. The van der Waals surface area contributed by atoms with Crippen molar-refractivity contribution in [1.82, 2.24) is 0 Å². The minimum atomic E-state index is -0.295. The lowest BCUT2D eigenvalue weighted by Crippen LogP contribution is -2.13. The van der Waals surface area contributed by atoms with E-state index in [9.17, 15) is 4.79 Å². The molecule has 4 nitrogen and oxygen atoms in total. The molecular weight excluding hydrogens is 278 g/mol. The number of nitrogens with one attached hydrogen (secondary N) is 1. The maximum Gasteiger partial charge on any atom is 0.291 e. The molecule has 1 aromatic heterocycles. The standard InChI is InChI=1S/C18H17NO3/c1-12(2)21-16-10-6-4-8-14(16)19-18(20)17-11-13-7-3-5-9-15(13)22-17/h3-12H,1-2H3,(H,19,20). The highest BCUT2D eigenvalue weighted by Gasteiger charge is 2.14. The number of fused-ring (bicyclic) bond motifs is 1. The van der Waals surface area contributed by atoms with Crippen LogP contribution in [0.15, 0.2) is 59.0 Å². The van der Waals surface area contributed by atoms with Gasteiger partial charge in [0.2, 0.25) is 0 Å². The zero-order valence-corrected chi connectivity index (χ0v) is 12.5. The van der Waals surface area contributed by atoms with Gasteiger partial charge in [-0.2, -0.15) is 0 Å². The van der Waals surface area contributed by atoms with Gasteiger partial charge in [-0.05, 0) is 38.1 Å². The lowest BCUT2D eigenvalue weighted by molar-refractivity contribution is 0.0998. The maximum atomic E-state index is 12.4. The number of ether oxygens (including phenoxy) is 1. The normalized spacial score (nSPS) is 10.9. The molecule has 1 amide bonds. The summed E-state index contributed by atoms with van der Waals surface area (Å²) in [5.41, 5.74) is 1.32. The van der Waals surface area contributed by atoms with E-state index in [4.69, 9.17) is 9.15 Å². The van der Waals surface area contributed by atoms with Crippen LogP contribution in [0.1, 0.15) is 24.4 Å². The van der Waals surface area contributed by atoms with Gasteiger partial charge in [-0.3, -0.25) is 4.79 Å². The molecule has 0 atom stereocenters. The summed E-state index contributed by atoms with van der Waals surface area (Å²) in [4.78, 5) is 12.4. The Morgan fingerprint density at radius 1 is 1.09 bits per heavy atom. The molecule has 0 unspecified atom stereocenters. The van der Waals surface area contributed by atoms with E-state index >= 15 is 0 Å². The molecule has 0 aliphatic rings. The summed E-state index contributed by atoms with van der Waals surface area (Å²) in [6.07, 6.45) is 0.0317. The lowest BCUT2D eigenvalue weighted by Gasteiger charge is -2.14. The van der Waals surface area contributed by atoms with Crippen molar-refractivity contribution in [1.29, 1.82) is 0 Å². The number of amides is 1. The number of para-hydroxylation sites is 3. The van der Waals surface area contributed by atoms with E-state index in [0.29, 0.717) is 17.0 Å². The molecule has 3 rings (SSSR count). The number of carbonyl (C=O) groups excluding carboxylic acids is 1. The molecule has 2 aromatic carbocycles. The van der Waals surface area contributed by atoms with Gasteiger partial charge >= 0.3 is 0 Å².